The van der Waals surface area contributed by atoms with Gasteiger partial charge >= 0.3 is 0 Å². The maximum Gasteiger partial charge on any atom is 0.269 e. The minimum absolute atomic E-state index is 0.00886. The molecular formula is C23H16BrClN2O4. The highest BCUT2D eigenvalue weighted by molar-refractivity contribution is 9.10. The van der Waals surface area contributed by atoms with Crippen molar-refractivity contribution in [2.75, 3.05) is 7.11 Å². The van der Waals surface area contributed by atoms with Crippen molar-refractivity contribution in [3.05, 3.63) is 97.0 Å². The zero-order chi connectivity index (χ0) is 22.4. The van der Waals surface area contributed by atoms with E-state index in [9.17, 15) is 15.4 Å². The van der Waals surface area contributed by atoms with Crippen molar-refractivity contribution in [1.29, 1.82) is 5.26 Å². The topological polar surface area (TPSA) is 85.4 Å². The molecule has 0 radical (unpaired) electrons. The number of allylic oxidation sites excluding steroid dienone is 1. The molecule has 0 aliphatic carbocycles. The van der Waals surface area contributed by atoms with Crippen LogP contribution >= 0.6 is 27.5 Å². The molecular weight excluding hydrogens is 484 g/mol. The van der Waals surface area contributed by atoms with Crippen LogP contribution in [0.15, 0.2) is 65.1 Å². The third kappa shape index (κ3) is 5.63. The normalized spacial score (nSPS) is 11.0. The van der Waals surface area contributed by atoms with E-state index in [-0.39, 0.29) is 12.3 Å². The van der Waals surface area contributed by atoms with Crippen molar-refractivity contribution >= 4 is 44.9 Å². The first-order chi connectivity index (χ1) is 14.9. The van der Waals surface area contributed by atoms with Crippen LogP contribution in [0.2, 0.25) is 5.02 Å². The molecule has 0 aliphatic rings. The van der Waals surface area contributed by atoms with Gasteiger partial charge in [-0.1, -0.05) is 39.7 Å². The first kappa shape index (κ1) is 22.3. The molecule has 0 saturated carbocycles. The highest BCUT2D eigenvalue weighted by atomic mass is 79.9. The summed E-state index contributed by atoms with van der Waals surface area (Å²) in [5, 5.41) is 20.7. The van der Waals surface area contributed by atoms with Crippen LogP contribution in [-0.4, -0.2) is 12.0 Å². The predicted octanol–water partition coefficient (Wildman–Crippen LogP) is 6.66. The number of nitriles is 1. The van der Waals surface area contributed by atoms with Gasteiger partial charge < -0.3 is 9.47 Å². The number of non-ortho nitro benzene ring substituents is 1. The van der Waals surface area contributed by atoms with Crippen LogP contribution in [0.5, 0.6) is 11.5 Å². The number of hydrogen-bond donors (Lipinski definition) is 0. The van der Waals surface area contributed by atoms with Crippen molar-refractivity contribution in [2.45, 2.75) is 6.61 Å². The molecule has 6 nitrogen and oxygen atoms in total. The number of rotatable bonds is 7. The number of nitro benzene ring substituents is 1. The SMILES string of the molecule is COc1cc(/C=C(\C#N)c2ccc(Br)cc2)cc(Cl)c1OCc1ccc([N+](=O)[O-])cc1. The Bertz CT molecular complexity index is 1170. The molecule has 0 unspecified atom stereocenters. The second-order valence-corrected chi connectivity index (χ2v) is 7.75. The summed E-state index contributed by atoms with van der Waals surface area (Å²) in [6, 6.07) is 19.1. The molecule has 0 heterocycles. The maximum atomic E-state index is 10.8. The van der Waals surface area contributed by atoms with E-state index in [0.717, 1.165) is 15.6 Å². The van der Waals surface area contributed by atoms with Gasteiger partial charge in [0.1, 0.15) is 6.61 Å². The number of methoxy groups -OCH3 is 1. The van der Waals surface area contributed by atoms with Gasteiger partial charge in [0.05, 0.1) is 28.7 Å². The Morgan fingerprint density at radius 3 is 2.45 bits per heavy atom. The molecule has 0 aromatic heterocycles. The molecule has 3 aromatic carbocycles. The number of benzene rings is 3. The smallest absolute Gasteiger partial charge is 0.269 e. The van der Waals surface area contributed by atoms with Crippen LogP contribution in [0.25, 0.3) is 11.6 Å². The summed E-state index contributed by atoms with van der Waals surface area (Å²) >= 11 is 9.81. The number of nitro groups is 1. The summed E-state index contributed by atoms with van der Waals surface area (Å²) in [4.78, 5) is 10.3. The van der Waals surface area contributed by atoms with E-state index in [1.54, 1.807) is 30.3 Å². The van der Waals surface area contributed by atoms with Crippen molar-refractivity contribution in [1.82, 2.24) is 0 Å². The zero-order valence-electron chi connectivity index (χ0n) is 16.3. The lowest BCUT2D eigenvalue weighted by Gasteiger charge is -2.13. The fourth-order valence-corrected chi connectivity index (χ4v) is 3.35. The Kier molecular flexibility index (Phi) is 7.29. The molecule has 0 N–H and O–H groups in total. The van der Waals surface area contributed by atoms with Gasteiger partial charge in [-0.2, -0.15) is 5.26 Å². The second-order valence-electron chi connectivity index (χ2n) is 6.42. The Labute approximate surface area is 192 Å². The molecule has 3 aromatic rings. The highest BCUT2D eigenvalue weighted by Gasteiger charge is 2.13. The van der Waals surface area contributed by atoms with E-state index < -0.39 is 4.92 Å². The van der Waals surface area contributed by atoms with E-state index in [2.05, 4.69) is 22.0 Å². The Morgan fingerprint density at radius 2 is 1.87 bits per heavy atom. The minimum atomic E-state index is -0.458. The maximum absolute atomic E-state index is 10.8. The molecule has 0 aliphatic heterocycles. The summed E-state index contributed by atoms with van der Waals surface area (Å²) in [6.07, 6.45) is 1.72. The van der Waals surface area contributed by atoms with E-state index in [0.29, 0.717) is 27.7 Å². The van der Waals surface area contributed by atoms with E-state index in [1.165, 1.54) is 19.2 Å². The summed E-state index contributed by atoms with van der Waals surface area (Å²) in [5.74, 6) is 0.760. The minimum Gasteiger partial charge on any atom is -0.493 e. The largest absolute Gasteiger partial charge is 0.493 e. The first-order valence-corrected chi connectivity index (χ1v) is 10.2. The Hall–Kier alpha value is -3.34. The van der Waals surface area contributed by atoms with Crippen LogP contribution in [0.4, 0.5) is 5.69 Å². The van der Waals surface area contributed by atoms with Gasteiger partial charge in [0.15, 0.2) is 11.5 Å². The third-order valence-corrected chi connectivity index (χ3v) is 5.18. The van der Waals surface area contributed by atoms with Gasteiger partial charge in [-0.05, 0) is 59.2 Å². The number of nitrogens with zero attached hydrogens (tertiary/aromatic N) is 2. The average Bonchev–Trinajstić information content (AvgIpc) is 2.77. The molecule has 3 rings (SSSR count). The van der Waals surface area contributed by atoms with Crippen LogP contribution < -0.4 is 9.47 Å². The number of hydrogen-bond acceptors (Lipinski definition) is 5. The summed E-state index contributed by atoms with van der Waals surface area (Å²) in [6.45, 7) is 0.158. The molecule has 8 heteroatoms. The molecule has 31 heavy (non-hydrogen) atoms. The highest BCUT2D eigenvalue weighted by Crippen LogP contribution is 2.38. The average molecular weight is 500 g/mol. The summed E-state index contributed by atoms with van der Waals surface area (Å²) in [5.41, 5.74) is 2.69. The lowest BCUT2D eigenvalue weighted by molar-refractivity contribution is -0.384. The van der Waals surface area contributed by atoms with E-state index >= 15 is 0 Å². The van der Waals surface area contributed by atoms with Crippen molar-refractivity contribution in [3.8, 4) is 17.6 Å². The lowest BCUT2D eigenvalue weighted by Crippen LogP contribution is -1.99. The zero-order valence-corrected chi connectivity index (χ0v) is 18.7. The number of ether oxygens (including phenoxy) is 2. The second kappa shape index (κ2) is 10.1. The molecule has 0 bridgehead atoms. The number of halogens is 2. The third-order valence-electron chi connectivity index (χ3n) is 4.37. The monoisotopic (exact) mass is 498 g/mol. The van der Waals surface area contributed by atoms with E-state index in [4.69, 9.17) is 21.1 Å². The molecule has 0 spiro atoms. The van der Waals surface area contributed by atoms with Gasteiger partial charge in [0.25, 0.3) is 5.69 Å². The van der Waals surface area contributed by atoms with E-state index in [1.807, 2.05) is 24.3 Å². The van der Waals surface area contributed by atoms with Crippen molar-refractivity contribution < 1.29 is 14.4 Å². The van der Waals surface area contributed by atoms with Gasteiger partial charge in [0.2, 0.25) is 0 Å². The van der Waals surface area contributed by atoms with Crippen LogP contribution in [0.3, 0.4) is 0 Å². The molecule has 156 valence electrons. The quantitative estimate of drug-likeness (QED) is 0.157. The van der Waals surface area contributed by atoms with Gasteiger partial charge in [-0.15, -0.1) is 0 Å². The fourth-order valence-electron chi connectivity index (χ4n) is 2.81. The van der Waals surface area contributed by atoms with Crippen LogP contribution in [0, 0.1) is 21.4 Å². The van der Waals surface area contributed by atoms with Crippen LogP contribution in [0.1, 0.15) is 16.7 Å². The van der Waals surface area contributed by atoms with Gasteiger partial charge in [-0.3, -0.25) is 10.1 Å². The molecule has 0 atom stereocenters. The Morgan fingerprint density at radius 1 is 1.19 bits per heavy atom. The predicted molar refractivity (Wildman–Crippen MR) is 123 cm³/mol. The standard InChI is InChI=1S/C23H16BrClN2O4/c1-30-22-12-16(10-18(13-26)17-4-6-19(24)7-5-17)11-21(25)23(22)31-14-15-2-8-20(9-3-15)27(28)29/h2-12H,14H2,1H3/b18-10+. The first-order valence-electron chi connectivity index (χ1n) is 9.02. The van der Waals surface area contributed by atoms with Crippen LogP contribution in [-0.2, 0) is 6.61 Å². The van der Waals surface area contributed by atoms with Crippen molar-refractivity contribution in [2.24, 2.45) is 0 Å². The lowest BCUT2D eigenvalue weighted by atomic mass is 10.0. The summed E-state index contributed by atoms with van der Waals surface area (Å²) in [7, 11) is 1.50. The fraction of sp³-hybridized carbons (Fsp3) is 0.0870. The summed E-state index contributed by atoms with van der Waals surface area (Å²) < 4.78 is 12.2. The molecule has 0 saturated heterocycles. The van der Waals surface area contributed by atoms with Crippen molar-refractivity contribution in [3.63, 3.8) is 0 Å². The Balaban J connectivity index is 1.84. The van der Waals surface area contributed by atoms with Gasteiger partial charge in [-0.25, -0.2) is 0 Å². The molecule has 0 fully saturated rings. The molecule has 0 amide bonds. The van der Waals surface area contributed by atoms with Gasteiger partial charge in [0, 0.05) is 16.6 Å².